The standard InChI is InChI=1S/C30H31NO6/c1-5-36-23-12-9-11-20(17-23)27-26(28(32)21-14-15-24(37-6-2)19(3)16-21)29(33)30(34)31(27)18-22-10-7-8-13-25(22)35-4/h7-17,27,32H,5-6,18H2,1-4H3/b28-26+. The molecule has 1 saturated heterocycles. The zero-order valence-electron chi connectivity index (χ0n) is 21.5. The summed E-state index contributed by atoms with van der Waals surface area (Å²) in [6.45, 7) is 6.75. The van der Waals surface area contributed by atoms with Crippen molar-refractivity contribution < 1.29 is 28.9 Å². The average molecular weight is 502 g/mol. The van der Waals surface area contributed by atoms with Crippen molar-refractivity contribution in [2.24, 2.45) is 0 Å². The minimum atomic E-state index is -0.822. The molecular formula is C30H31NO6. The molecule has 1 N–H and O–H groups in total. The first-order valence-corrected chi connectivity index (χ1v) is 12.3. The largest absolute Gasteiger partial charge is 0.507 e. The number of aliphatic hydroxyl groups excluding tert-OH is 1. The molecule has 1 unspecified atom stereocenters. The molecule has 1 amide bonds. The molecule has 0 saturated carbocycles. The number of aliphatic hydroxyl groups is 1. The van der Waals surface area contributed by atoms with Crippen LogP contribution in [0.15, 0.2) is 72.3 Å². The molecule has 3 aromatic carbocycles. The van der Waals surface area contributed by atoms with Crippen LogP contribution in [0.25, 0.3) is 5.76 Å². The summed E-state index contributed by atoms with van der Waals surface area (Å²) in [5, 5.41) is 11.4. The lowest BCUT2D eigenvalue weighted by molar-refractivity contribution is -0.140. The molecule has 4 rings (SSSR count). The number of nitrogens with zero attached hydrogens (tertiary/aromatic N) is 1. The molecule has 0 spiro atoms. The fourth-order valence-corrected chi connectivity index (χ4v) is 4.62. The molecule has 0 radical (unpaired) electrons. The number of hydrogen-bond acceptors (Lipinski definition) is 6. The third-order valence-corrected chi connectivity index (χ3v) is 6.31. The van der Waals surface area contributed by atoms with Gasteiger partial charge in [0, 0.05) is 11.1 Å². The highest BCUT2D eigenvalue weighted by Gasteiger charge is 2.46. The number of ether oxygens (including phenoxy) is 3. The van der Waals surface area contributed by atoms with Gasteiger partial charge in [-0.25, -0.2) is 0 Å². The summed E-state index contributed by atoms with van der Waals surface area (Å²) >= 11 is 0. The minimum Gasteiger partial charge on any atom is -0.507 e. The van der Waals surface area contributed by atoms with Gasteiger partial charge in [0.15, 0.2) is 0 Å². The number of para-hydroxylation sites is 1. The molecular weight excluding hydrogens is 470 g/mol. The number of ketones is 1. The Hall–Kier alpha value is -4.26. The Morgan fingerprint density at radius 3 is 2.38 bits per heavy atom. The van der Waals surface area contributed by atoms with Crippen molar-refractivity contribution in [3.8, 4) is 17.2 Å². The fraction of sp³-hybridized carbons (Fsp3) is 0.267. The Kier molecular flexibility index (Phi) is 7.82. The van der Waals surface area contributed by atoms with Gasteiger partial charge in [0.05, 0.1) is 38.5 Å². The smallest absolute Gasteiger partial charge is 0.295 e. The molecule has 192 valence electrons. The highest BCUT2D eigenvalue weighted by atomic mass is 16.5. The van der Waals surface area contributed by atoms with Gasteiger partial charge in [-0.15, -0.1) is 0 Å². The monoisotopic (exact) mass is 501 g/mol. The van der Waals surface area contributed by atoms with E-state index in [2.05, 4.69) is 0 Å². The number of rotatable bonds is 9. The first-order chi connectivity index (χ1) is 17.9. The molecule has 0 bridgehead atoms. The topological polar surface area (TPSA) is 85.3 Å². The number of carbonyl (C=O) groups excluding carboxylic acids is 2. The van der Waals surface area contributed by atoms with Gasteiger partial charge in [-0.05, 0) is 68.3 Å². The molecule has 7 nitrogen and oxygen atoms in total. The van der Waals surface area contributed by atoms with Gasteiger partial charge in [0.2, 0.25) is 0 Å². The quantitative estimate of drug-likeness (QED) is 0.239. The van der Waals surface area contributed by atoms with Crippen molar-refractivity contribution in [3.63, 3.8) is 0 Å². The van der Waals surface area contributed by atoms with Crippen molar-refractivity contribution >= 4 is 17.4 Å². The van der Waals surface area contributed by atoms with E-state index in [4.69, 9.17) is 14.2 Å². The maximum Gasteiger partial charge on any atom is 0.295 e. The molecule has 1 aliphatic rings. The van der Waals surface area contributed by atoms with Gasteiger partial charge < -0.3 is 24.2 Å². The van der Waals surface area contributed by atoms with Gasteiger partial charge in [-0.1, -0.05) is 30.3 Å². The Morgan fingerprint density at radius 1 is 0.919 bits per heavy atom. The molecule has 37 heavy (non-hydrogen) atoms. The van der Waals surface area contributed by atoms with Gasteiger partial charge in [0.25, 0.3) is 11.7 Å². The Morgan fingerprint density at radius 2 is 1.68 bits per heavy atom. The maximum atomic E-state index is 13.4. The van der Waals surface area contributed by atoms with Crippen LogP contribution in [0.5, 0.6) is 17.2 Å². The third-order valence-electron chi connectivity index (χ3n) is 6.31. The summed E-state index contributed by atoms with van der Waals surface area (Å²) in [6.07, 6.45) is 0. The number of carbonyl (C=O) groups is 2. The van der Waals surface area contributed by atoms with E-state index >= 15 is 0 Å². The summed E-state index contributed by atoms with van der Waals surface area (Å²) in [7, 11) is 1.56. The summed E-state index contributed by atoms with van der Waals surface area (Å²) < 4.78 is 16.8. The molecule has 1 atom stereocenters. The van der Waals surface area contributed by atoms with Gasteiger partial charge in [-0.2, -0.15) is 0 Å². The third kappa shape index (κ3) is 5.16. The summed E-state index contributed by atoms with van der Waals surface area (Å²) in [5.41, 5.74) is 2.67. The van der Waals surface area contributed by atoms with Crippen LogP contribution >= 0.6 is 0 Å². The maximum absolute atomic E-state index is 13.4. The SMILES string of the molecule is CCOc1cccc(C2/C(=C(\O)c3ccc(OCC)c(C)c3)C(=O)C(=O)N2Cc2ccccc2OC)c1. The van der Waals surface area contributed by atoms with Crippen LogP contribution in [0.3, 0.4) is 0 Å². The number of amides is 1. The van der Waals surface area contributed by atoms with E-state index in [9.17, 15) is 14.7 Å². The highest BCUT2D eigenvalue weighted by molar-refractivity contribution is 6.46. The Bertz CT molecular complexity index is 1350. The van der Waals surface area contributed by atoms with Crippen LogP contribution in [0.4, 0.5) is 0 Å². The van der Waals surface area contributed by atoms with Crippen LogP contribution in [-0.4, -0.2) is 42.0 Å². The van der Waals surface area contributed by atoms with Crippen LogP contribution in [0.1, 0.15) is 42.1 Å². The second-order valence-corrected chi connectivity index (χ2v) is 8.66. The number of Topliss-reactive ketones (excluding diaryl/α,β-unsaturated/α-hetero) is 1. The van der Waals surface area contributed by atoms with E-state index in [0.29, 0.717) is 41.6 Å². The molecule has 0 aromatic heterocycles. The van der Waals surface area contributed by atoms with E-state index in [1.165, 1.54) is 4.90 Å². The lowest BCUT2D eigenvalue weighted by atomic mass is 9.94. The summed E-state index contributed by atoms with van der Waals surface area (Å²) in [6, 6.07) is 19.0. The molecule has 1 heterocycles. The molecule has 3 aromatic rings. The number of likely N-dealkylation sites (tertiary alicyclic amines) is 1. The zero-order valence-corrected chi connectivity index (χ0v) is 21.5. The van der Waals surface area contributed by atoms with Crippen LogP contribution in [0, 0.1) is 6.92 Å². The number of methoxy groups -OCH3 is 1. The normalized spacial score (nSPS) is 16.6. The van der Waals surface area contributed by atoms with E-state index in [1.54, 1.807) is 37.4 Å². The predicted octanol–water partition coefficient (Wildman–Crippen LogP) is 5.42. The second-order valence-electron chi connectivity index (χ2n) is 8.66. The van der Waals surface area contributed by atoms with E-state index in [-0.39, 0.29) is 17.9 Å². The lowest BCUT2D eigenvalue weighted by Gasteiger charge is -2.26. The van der Waals surface area contributed by atoms with Gasteiger partial charge in [-0.3, -0.25) is 9.59 Å². The Labute approximate surface area is 216 Å². The Balaban J connectivity index is 1.87. The average Bonchev–Trinajstić information content (AvgIpc) is 3.15. The zero-order chi connectivity index (χ0) is 26.5. The number of aryl methyl sites for hydroxylation is 1. The van der Waals surface area contributed by atoms with Crippen molar-refractivity contribution in [1.29, 1.82) is 0 Å². The van der Waals surface area contributed by atoms with E-state index in [0.717, 1.165) is 11.1 Å². The molecule has 1 aliphatic heterocycles. The summed E-state index contributed by atoms with van der Waals surface area (Å²) in [5.74, 6) is 0.233. The highest BCUT2D eigenvalue weighted by Crippen LogP contribution is 2.42. The predicted molar refractivity (Wildman–Crippen MR) is 141 cm³/mol. The van der Waals surface area contributed by atoms with Crippen LogP contribution < -0.4 is 14.2 Å². The first kappa shape index (κ1) is 25.8. The van der Waals surface area contributed by atoms with Crippen LogP contribution in [0.2, 0.25) is 0 Å². The van der Waals surface area contributed by atoms with Crippen molar-refractivity contribution in [1.82, 2.24) is 4.90 Å². The number of hydrogen-bond donors (Lipinski definition) is 1. The lowest BCUT2D eigenvalue weighted by Crippen LogP contribution is -2.29. The van der Waals surface area contributed by atoms with Crippen molar-refractivity contribution in [3.05, 3.63) is 94.6 Å². The second kappa shape index (κ2) is 11.2. The fourth-order valence-electron chi connectivity index (χ4n) is 4.62. The van der Waals surface area contributed by atoms with Crippen molar-refractivity contribution in [2.45, 2.75) is 33.4 Å². The number of benzene rings is 3. The molecule has 1 fully saturated rings. The first-order valence-electron chi connectivity index (χ1n) is 12.3. The molecule has 7 heteroatoms. The van der Waals surface area contributed by atoms with E-state index < -0.39 is 17.7 Å². The molecule has 0 aliphatic carbocycles. The van der Waals surface area contributed by atoms with E-state index in [1.807, 2.05) is 57.2 Å². The minimum absolute atomic E-state index is 0.0251. The van der Waals surface area contributed by atoms with Gasteiger partial charge in [0.1, 0.15) is 23.0 Å². The van der Waals surface area contributed by atoms with Crippen LogP contribution in [-0.2, 0) is 16.1 Å². The summed E-state index contributed by atoms with van der Waals surface area (Å²) in [4.78, 5) is 28.3. The van der Waals surface area contributed by atoms with Crippen molar-refractivity contribution in [2.75, 3.05) is 20.3 Å². The van der Waals surface area contributed by atoms with Gasteiger partial charge >= 0.3 is 0 Å².